The van der Waals surface area contributed by atoms with Gasteiger partial charge in [-0.1, -0.05) is 17.8 Å². The molecule has 0 amide bonds. The number of esters is 1. The van der Waals surface area contributed by atoms with E-state index in [1.807, 2.05) is 32.0 Å². The van der Waals surface area contributed by atoms with Crippen LogP contribution in [0.2, 0.25) is 0 Å². The fraction of sp³-hybridized carbons (Fsp3) is 0.188. The second-order valence-electron chi connectivity index (χ2n) is 4.71. The van der Waals surface area contributed by atoms with Gasteiger partial charge in [0.15, 0.2) is 0 Å². The van der Waals surface area contributed by atoms with Crippen molar-refractivity contribution in [2.75, 3.05) is 12.8 Å². The zero-order valence-electron chi connectivity index (χ0n) is 12.1. The molecule has 0 bridgehead atoms. The maximum absolute atomic E-state index is 14.0. The van der Waals surface area contributed by atoms with Gasteiger partial charge in [0.1, 0.15) is 5.82 Å². The molecule has 5 heteroatoms. The Morgan fingerprint density at radius 2 is 1.90 bits per heavy atom. The van der Waals surface area contributed by atoms with Crippen molar-refractivity contribution in [1.29, 1.82) is 0 Å². The van der Waals surface area contributed by atoms with Crippen molar-refractivity contribution in [2.24, 2.45) is 0 Å². The summed E-state index contributed by atoms with van der Waals surface area (Å²) in [4.78, 5) is 12.9. The fourth-order valence-corrected chi connectivity index (χ4v) is 2.80. The van der Waals surface area contributed by atoms with E-state index in [-0.39, 0.29) is 11.3 Å². The van der Waals surface area contributed by atoms with E-state index in [9.17, 15) is 9.18 Å². The molecule has 0 aliphatic carbocycles. The van der Waals surface area contributed by atoms with Gasteiger partial charge < -0.3 is 10.5 Å². The summed E-state index contributed by atoms with van der Waals surface area (Å²) in [5.41, 5.74) is 8.20. The molecule has 2 aromatic carbocycles. The van der Waals surface area contributed by atoms with Gasteiger partial charge in [-0.3, -0.25) is 0 Å². The average Bonchev–Trinajstić information content (AvgIpc) is 2.45. The normalized spacial score (nSPS) is 10.5. The van der Waals surface area contributed by atoms with E-state index in [2.05, 4.69) is 4.74 Å². The van der Waals surface area contributed by atoms with E-state index >= 15 is 0 Å². The van der Waals surface area contributed by atoms with Gasteiger partial charge in [-0.2, -0.15) is 0 Å². The molecule has 2 N–H and O–H groups in total. The molecule has 0 saturated heterocycles. The summed E-state index contributed by atoms with van der Waals surface area (Å²) >= 11 is 1.25. The third-order valence-corrected chi connectivity index (χ3v) is 4.24. The monoisotopic (exact) mass is 305 g/mol. The van der Waals surface area contributed by atoms with Crippen LogP contribution in [0, 0.1) is 19.7 Å². The number of benzene rings is 2. The molecule has 0 unspecified atom stereocenters. The van der Waals surface area contributed by atoms with Gasteiger partial charge in [0.25, 0.3) is 0 Å². The van der Waals surface area contributed by atoms with Gasteiger partial charge in [0.2, 0.25) is 0 Å². The van der Waals surface area contributed by atoms with Crippen LogP contribution in [0.1, 0.15) is 21.5 Å². The SMILES string of the molecule is COC(=O)c1cc(Sc2ccc(C)c(C)c2)c(F)cc1N. The molecule has 0 saturated carbocycles. The predicted octanol–water partition coefficient (Wildman–Crippen LogP) is 3.96. The number of anilines is 1. The summed E-state index contributed by atoms with van der Waals surface area (Å²) in [5, 5.41) is 0. The fourth-order valence-electron chi connectivity index (χ4n) is 1.84. The lowest BCUT2D eigenvalue weighted by molar-refractivity contribution is 0.0601. The van der Waals surface area contributed by atoms with Gasteiger partial charge in [-0.25, -0.2) is 9.18 Å². The standard InChI is InChI=1S/C16H16FNO2S/c1-9-4-5-11(6-10(9)2)21-15-7-12(16(19)20-3)14(18)8-13(15)17/h4-8H,18H2,1-3H3. The second kappa shape index (κ2) is 6.18. The zero-order chi connectivity index (χ0) is 15.6. The molecule has 0 fully saturated rings. The third kappa shape index (κ3) is 3.36. The predicted molar refractivity (Wildman–Crippen MR) is 82.2 cm³/mol. The molecule has 0 heterocycles. The second-order valence-corrected chi connectivity index (χ2v) is 5.82. The van der Waals surface area contributed by atoms with Gasteiger partial charge >= 0.3 is 5.97 Å². The number of nitrogens with two attached hydrogens (primary N) is 1. The molecule has 0 radical (unpaired) electrons. The van der Waals surface area contributed by atoms with Crippen molar-refractivity contribution in [3.05, 3.63) is 52.8 Å². The van der Waals surface area contributed by atoms with Gasteiger partial charge in [0, 0.05) is 15.5 Å². The van der Waals surface area contributed by atoms with Crippen molar-refractivity contribution in [3.8, 4) is 0 Å². The van der Waals surface area contributed by atoms with Gasteiger partial charge in [-0.15, -0.1) is 0 Å². The first kappa shape index (κ1) is 15.4. The van der Waals surface area contributed by atoms with Crippen molar-refractivity contribution in [2.45, 2.75) is 23.6 Å². The molecule has 2 aromatic rings. The summed E-state index contributed by atoms with van der Waals surface area (Å²) in [6.07, 6.45) is 0. The first-order valence-corrected chi connectivity index (χ1v) is 7.16. The number of aryl methyl sites for hydroxylation is 2. The van der Waals surface area contributed by atoms with Crippen LogP contribution >= 0.6 is 11.8 Å². The quantitative estimate of drug-likeness (QED) is 0.689. The Kier molecular flexibility index (Phi) is 4.53. The van der Waals surface area contributed by atoms with Gasteiger partial charge in [-0.05, 0) is 49.2 Å². The molecular weight excluding hydrogens is 289 g/mol. The van der Waals surface area contributed by atoms with Crippen molar-refractivity contribution >= 4 is 23.4 Å². The molecule has 0 aromatic heterocycles. The maximum atomic E-state index is 14.0. The van der Waals surface area contributed by atoms with Crippen LogP contribution in [0.5, 0.6) is 0 Å². The summed E-state index contributed by atoms with van der Waals surface area (Å²) in [7, 11) is 1.27. The number of carbonyl (C=O) groups is 1. The number of nitrogen functional groups attached to an aromatic ring is 1. The largest absolute Gasteiger partial charge is 0.465 e. The van der Waals surface area contributed by atoms with Crippen LogP contribution in [0.25, 0.3) is 0 Å². The summed E-state index contributed by atoms with van der Waals surface area (Å²) in [5.74, 6) is -1.03. The molecule has 3 nitrogen and oxygen atoms in total. The molecule has 21 heavy (non-hydrogen) atoms. The number of hydrogen-bond acceptors (Lipinski definition) is 4. The van der Waals surface area contributed by atoms with E-state index in [0.717, 1.165) is 16.5 Å². The number of carbonyl (C=O) groups excluding carboxylic acids is 1. The highest BCUT2D eigenvalue weighted by molar-refractivity contribution is 7.99. The molecule has 0 aliphatic heterocycles. The number of halogens is 1. The van der Waals surface area contributed by atoms with E-state index in [1.165, 1.54) is 30.5 Å². The molecule has 0 spiro atoms. The summed E-state index contributed by atoms with van der Waals surface area (Å²) in [6.45, 7) is 4.02. The number of ether oxygens (including phenoxy) is 1. The number of hydrogen-bond donors (Lipinski definition) is 1. The van der Waals surface area contributed by atoms with E-state index in [1.54, 1.807) is 0 Å². The maximum Gasteiger partial charge on any atom is 0.339 e. The van der Waals surface area contributed by atoms with E-state index < -0.39 is 11.8 Å². The highest BCUT2D eigenvalue weighted by Crippen LogP contribution is 2.33. The minimum Gasteiger partial charge on any atom is -0.465 e. The Morgan fingerprint density at radius 1 is 1.19 bits per heavy atom. The van der Waals surface area contributed by atoms with Crippen LogP contribution in [0.15, 0.2) is 40.1 Å². The Morgan fingerprint density at radius 3 is 2.52 bits per heavy atom. The summed E-state index contributed by atoms with van der Waals surface area (Å²) < 4.78 is 18.7. The zero-order valence-corrected chi connectivity index (χ0v) is 12.9. The third-order valence-electron chi connectivity index (χ3n) is 3.22. The van der Waals surface area contributed by atoms with Crippen molar-refractivity contribution in [1.82, 2.24) is 0 Å². The van der Waals surface area contributed by atoms with Crippen LogP contribution in [-0.2, 0) is 4.74 Å². The highest BCUT2D eigenvalue weighted by Gasteiger charge is 2.15. The first-order chi connectivity index (χ1) is 9.92. The molecule has 110 valence electrons. The Bertz CT molecular complexity index is 701. The minimum atomic E-state index is -0.575. The van der Waals surface area contributed by atoms with Crippen molar-refractivity contribution in [3.63, 3.8) is 0 Å². The lowest BCUT2D eigenvalue weighted by atomic mass is 10.1. The average molecular weight is 305 g/mol. The van der Waals surface area contributed by atoms with Crippen LogP contribution < -0.4 is 5.73 Å². The van der Waals surface area contributed by atoms with E-state index in [0.29, 0.717) is 4.90 Å². The van der Waals surface area contributed by atoms with Crippen LogP contribution in [-0.4, -0.2) is 13.1 Å². The first-order valence-electron chi connectivity index (χ1n) is 6.35. The van der Waals surface area contributed by atoms with Crippen LogP contribution in [0.3, 0.4) is 0 Å². The lowest BCUT2D eigenvalue weighted by Crippen LogP contribution is -2.06. The van der Waals surface area contributed by atoms with Gasteiger partial charge in [0.05, 0.1) is 12.7 Å². The highest BCUT2D eigenvalue weighted by atomic mass is 32.2. The van der Waals surface area contributed by atoms with E-state index in [4.69, 9.17) is 5.73 Å². The van der Waals surface area contributed by atoms with Crippen molar-refractivity contribution < 1.29 is 13.9 Å². The lowest BCUT2D eigenvalue weighted by Gasteiger charge is -2.09. The molecular formula is C16H16FNO2S. The van der Waals surface area contributed by atoms with Crippen LogP contribution in [0.4, 0.5) is 10.1 Å². The molecule has 0 aliphatic rings. The number of rotatable bonds is 3. The summed E-state index contributed by atoms with van der Waals surface area (Å²) in [6, 6.07) is 8.45. The minimum absolute atomic E-state index is 0.0730. The molecule has 0 atom stereocenters. The Hall–Kier alpha value is -2.01. The molecule has 2 rings (SSSR count). The smallest absolute Gasteiger partial charge is 0.339 e. The Balaban J connectivity index is 2.39. The topological polar surface area (TPSA) is 52.3 Å². The Labute approximate surface area is 127 Å². The number of methoxy groups -OCH3 is 1.